The van der Waals surface area contributed by atoms with E-state index in [1.54, 1.807) is 14.2 Å². The van der Waals surface area contributed by atoms with Crippen LogP contribution in [-0.2, 0) is 32.6 Å². The van der Waals surface area contributed by atoms with Crippen LogP contribution in [-0.4, -0.2) is 50.1 Å². The second-order valence-electron chi connectivity index (χ2n) is 12.0. The Morgan fingerprint density at radius 1 is 0.974 bits per heavy atom. The number of thiocarbonyl (C=S) groups is 1. The molecule has 0 saturated carbocycles. The highest BCUT2D eigenvalue weighted by Crippen LogP contribution is 2.29. The molecular weight excluding hydrogens is 512 g/mol. The average Bonchev–Trinajstić information content (AvgIpc) is 2.87. The Morgan fingerprint density at radius 3 is 2.15 bits per heavy atom. The molecule has 0 radical (unpaired) electrons. The molecule has 8 heteroatoms. The van der Waals surface area contributed by atoms with E-state index >= 15 is 0 Å². The molecule has 0 heterocycles. The number of rotatable bonds is 13. The molecule has 7 nitrogen and oxygen atoms in total. The maximum absolute atomic E-state index is 12.5. The topological polar surface area (TPSA) is 83.2 Å². The lowest BCUT2D eigenvalue weighted by atomic mass is 9.86. The fourth-order valence-electron chi connectivity index (χ4n) is 4.00. The molecule has 0 fully saturated rings. The van der Waals surface area contributed by atoms with Crippen LogP contribution in [0.4, 0.5) is 0 Å². The third-order valence-corrected chi connectivity index (χ3v) is 6.71. The Morgan fingerprint density at radius 2 is 1.62 bits per heavy atom. The van der Waals surface area contributed by atoms with Crippen molar-refractivity contribution in [3.63, 3.8) is 0 Å². The molecule has 0 aliphatic rings. The van der Waals surface area contributed by atoms with E-state index in [4.69, 9.17) is 36.9 Å². The molecule has 1 unspecified atom stereocenters. The van der Waals surface area contributed by atoms with Gasteiger partial charge in [0.1, 0.15) is 0 Å². The average molecular weight is 559 g/mol. The molecule has 0 spiro atoms. The predicted molar refractivity (Wildman–Crippen MR) is 160 cm³/mol. The fraction of sp³-hybridized carbons (Fsp3) is 0.548. The number of ether oxygens (including phenoxy) is 4. The second-order valence-corrected chi connectivity index (χ2v) is 12.4. The van der Waals surface area contributed by atoms with Crippen LogP contribution in [0.2, 0.25) is 0 Å². The Kier molecular flexibility index (Phi) is 12.1. The van der Waals surface area contributed by atoms with Crippen LogP contribution in [0.25, 0.3) is 0 Å². The number of carbonyl (C=O) groups is 1. The van der Waals surface area contributed by atoms with Crippen molar-refractivity contribution in [3.8, 4) is 11.5 Å². The Bertz CT molecular complexity index is 1070. The minimum Gasteiger partial charge on any atom is -0.493 e. The van der Waals surface area contributed by atoms with Crippen LogP contribution in [0.1, 0.15) is 64.7 Å². The number of esters is 1. The number of hydrogen-bond acceptors (Lipinski definition) is 6. The summed E-state index contributed by atoms with van der Waals surface area (Å²) in [5.41, 5.74) is 9.21. The smallest absolute Gasteiger partial charge is 0.311 e. The van der Waals surface area contributed by atoms with Gasteiger partial charge in [0.25, 0.3) is 0 Å². The Hall–Kier alpha value is -2.84. The highest BCUT2D eigenvalue weighted by atomic mass is 32.1. The number of hydrogen-bond donors (Lipinski definition) is 1. The van der Waals surface area contributed by atoms with E-state index in [-0.39, 0.29) is 29.2 Å². The van der Waals surface area contributed by atoms with Gasteiger partial charge in [0.2, 0.25) is 0 Å². The van der Waals surface area contributed by atoms with E-state index in [0.29, 0.717) is 31.2 Å². The maximum atomic E-state index is 12.5. The highest BCUT2D eigenvalue weighted by Gasteiger charge is 2.25. The van der Waals surface area contributed by atoms with Gasteiger partial charge in [-0.25, -0.2) is 0 Å². The number of methoxy groups -OCH3 is 2. The first-order chi connectivity index (χ1) is 18.2. The normalized spacial score (nSPS) is 12.5. The van der Waals surface area contributed by atoms with Gasteiger partial charge in [0.05, 0.1) is 19.1 Å². The van der Waals surface area contributed by atoms with Crippen molar-refractivity contribution < 1.29 is 23.7 Å². The van der Waals surface area contributed by atoms with E-state index in [2.05, 4.69) is 45.0 Å². The first-order valence-corrected chi connectivity index (χ1v) is 13.7. The van der Waals surface area contributed by atoms with Crippen LogP contribution in [0.5, 0.6) is 11.5 Å². The molecule has 0 aliphatic carbocycles. The summed E-state index contributed by atoms with van der Waals surface area (Å²) in [6.07, 6.45) is 1.67. The van der Waals surface area contributed by atoms with Crippen LogP contribution in [0, 0.1) is 11.3 Å². The van der Waals surface area contributed by atoms with Crippen LogP contribution in [0.3, 0.4) is 0 Å². The highest BCUT2D eigenvalue weighted by molar-refractivity contribution is 7.80. The van der Waals surface area contributed by atoms with Crippen LogP contribution >= 0.6 is 12.2 Å². The first-order valence-electron chi connectivity index (χ1n) is 13.3. The van der Waals surface area contributed by atoms with Gasteiger partial charge in [-0.1, -0.05) is 51.1 Å². The molecule has 0 bridgehead atoms. The van der Waals surface area contributed by atoms with Crippen molar-refractivity contribution in [2.45, 2.75) is 66.3 Å². The zero-order chi connectivity index (χ0) is 29.2. The quantitative estimate of drug-likeness (QED) is 0.186. The van der Waals surface area contributed by atoms with Gasteiger partial charge in [-0.05, 0) is 80.1 Å². The summed E-state index contributed by atoms with van der Waals surface area (Å²) < 4.78 is 21.8. The number of carbonyl (C=O) groups excluding carboxylic acids is 1. The van der Waals surface area contributed by atoms with Crippen LogP contribution in [0.15, 0.2) is 42.5 Å². The van der Waals surface area contributed by atoms with Gasteiger partial charge in [-0.2, -0.15) is 0 Å². The molecule has 2 rings (SSSR count). The minimum atomic E-state index is -0.570. The van der Waals surface area contributed by atoms with Crippen LogP contribution < -0.4 is 15.2 Å². The zero-order valence-corrected chi connectivity index (χ0v) is 25.7. The molecule has 39 heavy (non-hydrogen) atoms. The number of aryl methyl sites for hydroxylation is 1. The maximum Gasteiger partial charge on any atom is 0.311 e. The van der Waals surface area contributed by atoms with Gasteiger partial charge in [0.15, 0.2) is 23.4 Å². The van der Waals surface area contributed by atoms with Gasteiger partial charge in [-0.3, -0.25) is 4.79 Å². The molecule has 2 aromatic rings. The van der Waals surface area contributed by atoms with E-state index in [1.165, 1.54) is 11.1 Å². The van der Waals surface area contributed by atoms with Crippen molar-refractivity contribution >= 4 is 23.3 Å². The number of benzene rings is 2. The van der Waals surface area contributed by atoms with E-state index < -0.39 is 5.41 Å². The summed E-state index contributed by atoms with van der Waals surface area (Å²) in [7, 11) is 3.16. The van der Waals surface area contributed by atoms with Crippen molar-refractivity contribution in [3.05, 3.63) is 59.2 Å². The summed E-state index contributed by atoms with van der Waals surface area (Å²) >= 11 is 5.42. The molecule has 0 amide bonds. The summed E-state index contributed by atoms with van der Waals surface area (Å²) in [6, 6.07) is 14.4. The molecule has 2 aromatic carbocycles. The summed E-state index contributed by atoms with van der Waals surface area (Å²) in [5, 5.41) is 0.287. The Labute approximate surface area is 239 Å². The molecule has 2 N–H and O–H groups in total. The molecule has 216 valence electrons. The summed E-state index contributed by atoms with van der Waals surface area (Å²) in [4.78, 5) is 14.5. The molecule has 0 saturated heterocycles. The van der Waals surface area contributed by atoms with Gasteiger partial charge in [-0.15, -0.1) is 0 Å². The monoisotopic (exact) mass is 558 g/mol. The number of nitrogens with two attached hydrogens (primary N) is 1. The van der Waals surface area contributed by atoms with Crippen molar-refractivity contribution in [1.29, 1.82) is 0 Å². The molecule has 0 aliphatic heterocycles. The lowest BCUT2D eigenvalue weighted by Crippen LogP contribution is -2.40. The van der Waals surface area contributed by atoms with Crippen molar-refractivity contribution in [1.82, 2.24) is 4.90 Å². The van der Waals surface area contributed by atoms with Gasteiger partial charge >= 0.3 is 5.97 Å². The van der Waals surface area contributed by atoms with E-state index in [1.807, 2.05) is 43.9 Å². The Balaban J connectivity index is 2.18. The van der Waals surface area contributed by atoms with E-state index in [0.717, 1.165) is 18.4 Å². The summed E-state index contributed by atoms with van der Waals surface area (Å²) in [6.45, 7) is 13.7. The number of nitrogens with zero attached hydrogens (tertiary/aromatic N) is 1. The predicted octanol–water partition coefficient (Wildman–Crippen LogP) is 5.86. The fourth-order valence-corrected chi connectivity index (χ4v) is 4.14. The van der Waals surface area contributed by atoms with Gasteiger partial charge in [0, 0.05) is 26.1 Å². The SMILES string of the molecule is COCOc1ccc(CN(CC(CCc2ccc(C(C)(C)C)cc2)COC(=O)C(C)(C)C)C(N)=S)cc1OC. The summed E-state index contributed by atoms with van der Waals surface area (Å²) in [5.74, 6) is 1.00. The third-order valence-electron chi connectivity index (χ3n) is 6.45. The lowest BCUT2D eigenvalue weighted by molar-refractivity contribution is -0.154. The van der Waals surface area contributed by atoms with Gasteiger partial charge < -0.3 is 29.6 Å². The minimum absolute atomic E-state index is 0.0336. The van der Waals surface area contributed by atoms with Crippen molar-refractivity contribution in [2.24, 2.45) is 17.1 Å². The standard InChI is InChI=1S/C31H46N2O5S/c1-30(2,3)25-14-11-22(12-15-25)9-10-24(20-37-28(34)31(4,5)6)19-33(29(32)39)18-23-13-16-26(38-21-35-7)27(17-23)36-8/h11-17,24H,9-10,18-21H2,1-8H3,(H2,32,39). The molecular formula is C31H46N2O5S. The second kappa shape index (κ2) is 14.5. The zero-order valence-electron chi connectivity index (χ0n) is 24.8. The first kappa shape index (κ1) is 32.4. The van der Waals surface area contributed by atoms with E-state index in [9.17, 15) is 4.79 Å². The largest absolute Gasteiger partial charge is 0.493 e. The lowest BCUT2D eigenvalue weighted by Gasteiger charge is -2.29. The molecule has 1 atom stereocenters. The third kappa shape index (κ3) is 10.7. The molecule has 0 aromatic heterocycles. The van der Waals surface area contributed by atoms with Crippen molar-refractivity contribution in [2.75, 3.05) is 34.2 Å².